The van der Waals surface area contributed by atoms with Crippen molar-refractivity contribution in [1.82, 2.24) is 5.32 Å². The number of rotatable bonds is 1. The van der Waals surface area contributed by atoms with Crippen molar-refractivity contribution in [1.29, 1.82) is 0 Å². The Morgan fingerprint density at radius 1 is 0.867 bits per heavy atom. The Labute approximate surface area is 93.0 Å². The summed E-state index contributed by atoms with van der Waals surface area (Å²) < 4.78 is 0. The van der Waals surface area contributed by atoms with Crippen molar-refractivity contribution in [2.45, 2.75) is 57.4 Å². The first-order chi connectivity index (χ1) is 7.34. The van der Waals surface area contributed by atoms with Crippen LogP contribution in [0.15, 0.2) is 0 Å². The zero-order valence-electron chi connectivity index (χ0n) is 9.67. The maximum absolute atomic E-state index is 3.81. The van der Waals surface area contributed by atoms with Gasteiger partial charge in [-0.1, -0.05) is 0 Å². The lowest BCUT2D eigenvalue weighted by Crippen LogP contribution is -2.54. The molecule has 1 nitrogen and oxygen atoms in total. The van der Waals surface area contributed by atoms with Gasteiger partial charge in [-0.25, -0.2) is 0 Å². The zero-order chi connectivity index (χ0) is 9.88. The Hall–Kier alpha value is -0.0400. The molecule has 5 rings (SSSR count). The van der Waals surface area contributed by atoms with E-state index in [9.17, 15) is 0 Å². The minimum Gasteiger partial charge on any atom is -0.313 e. The van der Waals surface area contributed by atoms with E-state index < -0.39 is 0 Å². The topological polar surface area (TPSA) is 12.0 Å². The van der Waals surface area contributed by atoms with E-state index in [0.29, 0.717) is 0 Å². The molecule has 0 aromatic heterocycles. The molecule has 5 aliphatic rings. The molecule has 4 aliphatic carbocycles. The predicted octanol–water partition coefficient (Wildman–Crippen LogP) is 2.95. The van der Waals surface area contributed by atoms with E-state index in [-0.39, 0.29) is 0 Å². The van der Waals surface area contributed by atoms with Gasteiger partial charge in [-0.15, -0.1) is 0 Å². The molecule has 1 heterocycles. The van der Waals surface area contributed by atoms with E-state index in [1.54, 1.807) is 38.5 Å². The van der Waals surface area contributed by atoms with Crippen LogP contribution in [-0.4, -0.2) is 12.6 Å². The van der Waals surface area contributed by atoms with Crippen LogP contribution in [0.3, 0.4) is 0 Å². The van der Waals surface area contributed by atoms with Crippen molar-refractivity contribution in [2.24, 2.45) is 23.2 Å². The van der Waals surface area contributed by atoms with Crippen LogP contribution < -0.4 is 5.32 Å². The van der Waals surface area contributed by atoms with E-state index in [1.165, 1.54) is 19.4 Å². The van der Waals surface area contributed by atoms with Crippen LogP contribution in [0.4, 0.5) is 0 Å². The minimum atomic E-state index is 0.769. The highest BCUT2D eigenvalue weighted by atomic mass is 15.0. The van der Waals surface area contributed by atoms with Gasteiger partial charge in [-0.3, -0.25) is 0 Å². The first-order valence-electron chi connectivity index (χ1n) is 7.07. The SMILES string of the molecule is C1CN[C@H](C23CC4CC(CC(C4)C2)C3)C1. The molecule has 1 aliphatic heterocycles. The molecule has 1 atom stereocenters. The van der Waals surface area contributed by atoms with Gasteiger partial charge in [0.25, 0.3) is 0 Å². The van der Waals surface area contributed by atoms with E-state index in [2.05, 4.69) is 5.32 Å². The van der Waals surface area contributed by atoms with E-state index in [1.807, 2.05) is 0 Å². The third-order valence-corrected chi connectivity index (χ3v) is 5.89. The summed E-state index contributed by atoms with van der Waals surface area (Å²) in [5.41, 5.74) is 0.769. The molecule has 4 bridgehead atoms. The fraction of sp³-hybridized carbons (Fsp3) is 1.00. The second-order valence-electron chi connectivity index (χ2n) is 6.93. The highest BCUT2D eigenvalue weighted by Gasteiger charge is 2.54. The summed E-state index contributed by atoms with van der Waals surface area (Å²) in [6.45, 7) is 1.30. The van der Waals surface area contributed by atoms with Crippen molar-refractivity contribution in [3.05, 3.63) is 0 Å². The summed E-state index contributed by atoms with van der Waals surface area (Å²) in [7, 11) is 0. The van der Waals surface area contributed by atoms with Gasteiger partial charge in [0.05, 0.1) is 0 Å². The highest BCUT2D eigenvalue weighted by Crippen LogP contribution is 2.62. The van der Waals surface area contributed by atoms with Crippen molar-refractivity contribution in [2.75, 3.05) is 6.54 Å². The average molecular weight is 205 g/mol. The fourth-order valence-electron chi connectivity index (χ4n) is 5.81. The first kappa shape index (κ1) is 9.04. The van der Waals surface area contributed by atoms with Crippen LogP contribution in [-0.2, 0) is 0 Å². The summed E-state index contributed by atoms with van der Waals surface area (Å²) in [5.74, 6) is 3.37. The lowest BCUT2D eigenvalue weighted by molar-refractivity contribution is -0.0704. The van der Waals surface area contributed by atoms with Crippen molar-refractivity contribution < 1.29 is 0 Å². The van der Waals surface area contributed by atoms with Gasteiger partial charge in [0, 0.05) is 6.04 Å². The second-order valence-corrected chi connectivity index (χ2v) is 6.93. The molecule has 5 fully saturated rings. The standard InChI is InChI=1S/C14H23N/c1-2-13(15-3-1)14-7-10-4-11(8-14)6-12(5-10)9-14/h10-13,15H,1-9H2/t10?,11?,12?,13-,14?/m0/s1. The maximum atomic E-state index is 3.81. The molecule has 0 unspecified atom stereocenters. The van der Waals surface area contributed by atoms with Gasteiger partial charge < -0.3 is 5.32 Å². The summed E-state index contributed by atoms with van der Waals surface area (Å²) in [6.07, 6.45) is 12.4. The second kappa shape index (κ2) is 3.00. The van der Waals surface area contributed by atoms with Crippen LogP contribution in [0.5, 0.6) is 0 Å². The first-order valence-corrected chi connectivity index (χ1v) is 7.07. The summed E-state index contributed by atoms with van der Waals surface area (Å²) in [6, 6.07) is 0.908. The lowest BCUT2D eigenvalue weighted by atomic mass is 9.47. The Morgan fingerprint density at radius 3 is 1.93 bits per heavy atom. The van der Waals surface area contributed by atoms with Gasteiger partial charge in [0.15, 0.2) is 0 Å². The maximum Gasteiger partial charge on any atom is 0.0124 e. The van der Waals surface area contributed by atoms with Crippen LogP contribution >= 0.6 is 0 Å². The Balaban J connectivity index is 1.65. The number of nitrogens with one attached hydrogen (secondary N) is 1. The van der Waals surface area contributed by atoms with Gasteiger partial charge in [0.1, 0.15) is 0 Å². The van der Waals surface area contributed by atoms with Crippen LogP contribution in [0.1, 0.15) is 51.4 Å². The molecule has 15 heavy (non-hydrogen) atoms. The highest BCUT2D eigenvalue weighted by molar-refractivity contribution is 5.07. The number of hydrogen-bond donors (Lipinski definition) is 1. The van der Waals surface area contributed by atoms with Crippen LogP contribution in [0.2, 0.25) is 0 Å². The van der Waals surface area contributed by atoms with Crippen LogP contribution in [0.25, 0.3) is 0 Å². The lowest BCUT2D eigenvalue weighted by Gasteiger charge is -2.59. The van der Waals surface area contributed by atoms with Crippen molar-refractivity contribution in [3.63, 3.8) is 0 Å². The van der Waals surface area contributed by atoms with E-state index in [0.717, 1.165) is 29.2 Å². The van der Waals surface area contributed by atoms with Gasteiger partial charge in [-0.2, -0.15) is 0 Å². The summed E-state index contributed by atoms with van der Waals surface area (Å²) in [4.78, 5) is 0. The molecule has 1 heteroatoms. The molecular formula is C14H23N. The van der Waals surface area contributed by atoms with Gasteiger partial charge >= 0.3 is 0 Å². The van der Waals surface area contributed by atoms with Crippen molar-refractivity contribution in [3.8, 4) is 0 Å². The minimum absolute atomic E-state index is 0.769. The fourth-order valence-corrected chi connectivity index (χ4v) is 5.81. The normalized spacial score (nSPS) is 57.6. The molecule has 0 aromatic carbocycles. The quantitative estimate of drug-likeness (QED) is 0.694. The molecule has 1 N–H and O–H groups in total. The zero-order valence-corrected chi connectivity index (χ0v) is 9.67. The predicted molar refractivity (Wildman–Crippen MR) is 61.6 cm³/mol. The third kappa shape index (κ3) is 1.25. The summed E-state index contributed by atoms with van der Waals surface area (Å²) >= 11 is 0. The smallest absolute Gasteiger partial charge is 0.0124 e. The average Bonchev–Trinajstić information content (AvgIpc) is 2.67. The van der Waals surface area contributed by atoms with Crippen molar-refractivity contribution >= 4 is 0 Å². The number of hydrogen-bond acceptors (Lipinski definition) is 1. The van der Waals surface area contributed by atoms with E-state index in [4.69, 9.17) is 0 Å². The molecule has 0 aromatic rings. The molecule has 1 saturated heterocycles. The van der Waals surface area contributed by atoms with Gasteiger partial charge in [0.2, 0.25) is 0 Å². The largest absolute Gasteiger partial charge is 0.313 e. The van der Waals surface area contributed by atoms with Gasteiger partial charge in [-0.05, 0) is 81.1 Å². The van der Waals surface area contributed by atoms with Crippen LogP contribution in [0, 0.1) is 23.2 Å². The Bertz CT molecular complexity index is 229. The molecule has 4 saturated carbocycles. The molecule has 0 radical (unpaired) electrons. The molecule has 0 amide bonds. The monoisotopic (exact) mass is 205 g/mol. The third-order valence-electron chi connectivity index (χ3n) is 5.89. The molecule has 84 valence electrons. The summed E-state index contributed by atoms with van der Waals surface area (Å²) in [5, 5.41) is 3.81. The van der Waals surface area contributed by atoms with E-state index >= 15 is 0 Å². The molecular weight excluding hydrogens is 182 g/mol. The Morgan fingerprint density at radius 2 is 1.47 bits per heavy atom. The molecule has 0 spiro atoms. The Kier molecular flexibility index (Phi) is 1.81.